The Morgan fingerprint density at radius 3 is 1.91 bits per heavy atom. The Balaban J connectivity index is 0.000000112. The van der Waals surface area contributed by atoms with Gasteiger partial charge in [-0.2, -0.15) is 0 Å². The fourth-order valence-electron chi connectivity index (χ4n) is 0.641. The molecule has 3 atom stereocenters. The molecule has 0 amide bonds. The molecule has 2 rings (SSSR count). The second-order valence-electron chi connectivity index (χ2n) is 2.65. The Hall–Kier alpha value is -0.600. The van der Waals surface area contributed by atoms with Crippen molar-refractivity contribution < 1.29 is 9.47 Å². The number of epoxide rings is 2. The van der Waals surface area contributed by atoms with Gasteiger partial charge in [-0.25, -0.2) is 0 Å². The maximum atomic E-state index is 4.95. The van der Waals surface area contributed by atoms with Crippen LogP contribution in [0.1, 0.15) is 6.92 Å². The van der Waals surface area contributed by atoms with Gasteiger partial charge in [0, 0.05) is 0 Å². The summed E-state index contributed by atoms with van der Waals surface area (Å²) in [5.41, 5.74) is 0. The first-order valence-electron chi connectivity index (χ1n) is 3.80. The molecule has 0 aromatic rings. The average molecular weight is 154 g/mol. The molecule has 0 bridgehead atoms. The van der Waals surface area contributed by atoms with Crippen LogP contribution in [0.4, 0.5) is 0 Å². The molecule has 2 aliphatic heterocycles. The van der Waals surface area contributed by atoms with Crippen LogP contribution in [-0.2, 0) is 9.47 Å². The van der Waals surface area contributed by atoms with Gasteiger partial charge in [-0.05, 0) is 6.92 Å². The largest absolute Gasteiger partial charge is 0.369 e. The summed E-state index contributed by atoms with van der Waals surface area (Å²) >= 11 is 0. The van der Waals surface area contributed by atoms with E-state index < -0.39 is 0 Å². The lowest BCUT2D eigenvalue weighted by Gasteiger charge is -1.63. The van der Waals surface area contributed by atoms with Crippen molar-refractivity contribution in [3.05, 3.63) is 25.3 Å². The Kier molecular flexibility index (Phi) is 2.85. The molecule has 62 valence electrons. The van der Waals surface area contributed by atoms with Crippen LogP contribution >= 0.6 is 0 Å². The van der Waals surface area contributed by atoms with Gasteiger partial charge < -0.3 is 9.47 Å². The van der Waals surface area contributed by atoms with Crippen LogP contribution in [0.2, 0.25) is 0 Å². The number of hydrogen-bond acceptors (Lipinski definition) is 2. The fourth-order valence-corrected chi connectivity index (χ4v) is 0.641. The highest BCUT2D eigenvalue weighted by Crippen LogP contribution is 2.20. The lowest BCUT2D eigenvalue weighted by molar-refractivity contribution is 0.400. The standard InChI is InChI=1S/C5H8O.C4H6O/c1-3-5-4(2)6-5;1-2-4-3-5-4/h3-5H,1H2,2H3;2,4H,1,3H2. The third kappa shape index (κ3) is 3.35. The quantitative estimate of drug-likeness (QED) is 0.445. The molecule has 0 spiro atoms. The summed E-state index contributed by atoms with van der Waals surface area (Å²) in [6.07, 6.45) is 4.84. The van der Waals surface area contributed by atoms with Crippen LogP contribution in [0.3, 0.4) is 0 Å². The van der Waals surface area contributed by atoms with E-state index in [9.17, 15) is 0 Å². The predicted molar refractivity (Wildman–Crippen MR) is 44.5 cm³/mol. The maximum Gasteiger partial charge on any atom is 0.102 e. The van der Waals surface area contributed by atoms with Crippen molar-refractivity contribution in [3.63, 3.8) is 0 Å². The normalized spacial score (nSPS) is 38.1. The van der Waals surface area contributed by atoms with E-state index in [-0.39, 0.29) is 0 Å². The molecule has 0 aromatic heterocycles. The van der Waals surface area contributed by atoms with Crippen molar-refractivity contribution in [3.8, 4) is 0 Å². The molecule has 2 fully saturated rings. The number of rotatable bonds is 2. The second kappa shape index (κ2) is 3.69. The van der Waals surface area contributed by atoms with E-state index in [1.54, 1.807) is 6.08 Å². The van der Waals surface area contributed by atoms with Gasteiger partial charge in [-0.1, -0.05) is 12.2 Å². The molecule has 2 heterocycles. The van der Waals surface area contributed by atoms with E-state index in [0.717, 1.165) is 6.61 Å². The van der Waals surface area contributed by atoms with Gasteiger partial charge in [0.25, 0.3) is 0 Å². The maximum absolute atomic E-state index is 4.95. The van der Waals surface area contributed by atoms with E-state index in [4.69, 9.17) is 9.47 Å². The molecule has 0 saturated carbocycles. The fraction of sp³-hybridized carbons (Fsp3) is 0.556. The smallest absolute Gasteiger partial charge is 0.102 e. The van der Waals surface area contributed by atoms with Crippen LogP contribution in [0.5, 0.6) is 0 Å². The van der Waals surface area contributed by atoms with Gasteiger partial charge in [0.15, 0.2) is 0 Å². The zero-order valence-corrected chi connectivity index (χ0v) is 6.82. The summed E-state index contributed by atoms with van der Waals surface area (Å²) in [4.78, 5) is 0. The van der Waals surface area contributed by atoms with Crippen molar-refractivity contribution in [2.75, 3.05) is 6.61 Å². The highest BCUT2D eigenvalue weighted by atomic mass is 16.6. The molecule has 2 aliphatic rings. The summed E-state index contributed by atoms with van der Waals surface area (Å²) in [5, 5.41) is 0. The van der Waals surface area contributed by atoms with Crippen LogP contribution in [0.15, 0.2) is 25.3 Å². The monoisotopic (exact) mass is 154 g/mol. The van der Waals surface area contributed by atoms with Gasteiger partial charge in [-0.15, -0.1) is 13.2 Å². The highest BCUT2D eigenvalue weighted by molar-refractivity contribution is 4.95. The van der Waals surface area contributed by atoms with Crippen LogP contribution in [0.25, 0.3) is 0 Å². The molecule has 0 aliphatic carbocycles. The van der Waals surface area contributed by atoms with Crippen LogP contribution in [-0.4, -0.2) is 24.9 Å². The summed E-state index contributed by atoms with van der Waals surface area (Å²) in [6, 6.07) is 0. The van der Waals surface area contributed by atoms with Gasteiger partial charge in [0.05, 0.1) is 18.8 Å². The highest BCUT2D eigenvalue weighted by Gasteiger charge is 2.30. The topological polar surface area (TPSA) is 25.1 Å². The average Bonchev–Trinajstić information content (AvgIpc) is 2.82. The minimum atomic E-state index is 0.366. The number of ether oxygens (including phenoxy) is 2. The van der Waals surface area contributed by atoms with Gasteiger partial charge in [-0.3, -0.25) is 0 Å². The molecule has 2 heteroatoms. The molecule has 11 heavy (non-hydrogen) atoms. The van der Waals surface area contributed by atoms with Crippen molar-refractivity contribution in [1.82, 2.24) is 0 Å². The molecule has 3 unspecified atom stereocenters. The number of hydrogen-bond donors (Lipinski definition) is 0. The van der Waals surface area contributed by atoms with E-state index in [1.807, 2.05) is 13.0 Å². The van der Waals surface area contributed by atoms with E-state index in [1.165, 1.54) is 0 Å². The first-order chi connectivity index (χ1) is 5.27. The van der Waals surface area contributed by atoms with E-state index >= 15 is 0 Å². The predicted octanol–water partition coefficient (Wildman–Crippen LogP) is 1.53. The summed E-state index contributed by atoms with van der Waals surface area (Å²) in [6.45, 7) is 9.97. The lowest BCUT2D eigenvalue weighted by Crippen LogP contribution is -1.77. The van der Waals surface area contributed by atoms with E-state index in [2.05, 4.69) is 13.2 Å². The molecular formula is C9H14O2. The molecule has 2 nitrogen and oxygen atoms in total. The molecule has 0 aromatic carbocycles. The molecular weight excluding hydrogens is 140 g/mol. The van der Waals surface area contributed by atoms with Gasteiger partial charge >= 0.3 is 0 Å². The zero-order chi connectivity index (χ0) is 8.27. The van der Waals surface area contributed by atoms with Crippen molar-refractivity contribution >= 4 is 0 Å². The van der Waals surface area contributed by atoms with E-state index in [0.29, 0.717) is 18.3 Å². The zero-order valence-electron chi connectivity index (χ0n) is 6.82. The Morgan fingerprint density at radius 1 is 1.36 bits per heavy atom. The van der Waals surface area contributed by atoms with Crippen molar-refractivity contribution in [1.29, 1.82) is 0 Å². The molecule has 2 saturated heterocycles. The second-order valence-corrected chi connectivity index (χ2v) is 2.65. The third-order valence-corrected chi connectivity index (χ3v) is 1.61. The summed E-state index contributed by atoms with van der Waals surface area (Å²) in [7, 11) is 0. The SMILES string of the molecule is C=CC1CO1.C=CC1OC1C. The Bertz CT molecular complexity index is 150. The van der Waals surface area contributed by atoms with Crippen LogP contribution in [0, 0.1) is 0 Å². The van der Waals surface area contributed by atoms with Crippen molar-refractivity contribution in [2.24, 2.45) is 0 Å². The molecule has 0 N–H and O–H groups in total. The van der Waals surface area contributed by atoms with Gasteiger partial charge in [0.2, 0.25) is 0 Å². The Morgan fingerprint density at radius 2 is 1.91 bits per heavy atom. The van der Waals surface area contributed by atoms with Crippen molar-refractivity contribution in [2.45, 2.75) is 25.2 Å². The lowest BCUT2D eigenvalue weighted by atomic mass is 10.3. The van der Waals surface area contributed by atoms with Gasteiger partial charge in [0.1, 0.15) is 6.10 Å². The minimum absolute atomic E-state index is 0.366. The summed E-state index contributed by atoms with van der Waals surface area (Å²) in [5.74, 6) is 0. The van der Waals surface area contributed by atoms with Crippen LogP contribution < -0.4 is 0 Å². The first kappa shape index (κ1) is 8.50. The Labute approximate surface area is 67.5 Å². The minimum Gasteiger partial charge on any atom is -0.369 e. The third-order valence-electron chi connectivity index (χ3n) is 1.61. The molecule has 0 radical (unpaired) electrons. The summed E-state index contributed by atoms with van der Waals surface area (Å²) < 4.78 is 9.69. The first-order valence-corrected chi connectivity index (χ1v) is 3.80.